The molecular formula is C17H24O5. The highest BCUT2D eigenvalue weighted by Gasteiger charge is 2.65. The molecule has 2 saturated carbocycles. The lowest BCUT2D eigenvalue weighted by Gasteiger charge is -2.36. The van der Waals surface area contributed by atoms with Gasteiger partial charge in [0.2, 0.25) is 0 Å². The Hall–Kier alpha value is -1.39. The molecule has 0 amide bonds. The quantitative estimate of drug-likeness (QED) is 0.547. The lowest BCUT2D eigenvalue weighted by atomic mass is 9.64. The van der Waals surface area contributed by atoms with Gasteiger partial charge in [-0.3, -0.25) is 14.4 Å². The fourth-order valence-corrected chi connectivity index (χ4v) is 5.44. The van der Waals surface area contributed by atoms with Gasteiger partial charge in [-0.1, -0.05) is 27.7 Å². The Balaban J connectivity index is 0.000000693. The second kappa shape index (κ2) is 5.36. The van der Waals surface area contributed by atoms with E-state index < -0.39 is 11.9 Å². The molecule has 0 aromatic heterocycles. The first-order valence-electron chi connectivity index (χ1n) is 8.43. The molecular weight excluding hydrogens is 284 g/mol. The van der Waals surface area contributed by atoms with Gasteiger partial charge in [0.1, 0.15) is 0 Å². The highest BCUT2D eigenvalue weighted by molar-refractivity contribution is 5.96. The molecule has 0 aromatic rings. The van der Waals surface area contributed by atoms with Crippen LogP contribution in [-0.2, 0) is 23.9 Å². The van der Waals surface area contributed by atoms with Crippen LogP contribution in [0.4, 0.5) is 0 Å². The number of hydrogen-bond acceptors (Lipinski definition) is 5. The van der Waals surface area contributed by atoms with Crippen molar-refractivity contribution in [2.45, 2.75) is 34.1 Å². The molecule has 4 aliphatic rings. The minimum atomic E-state index is -0.416. The summed E-state index contributed by atoms with van der Waals surface area (Å²) in [4.78, 5) is 35.6. The van der Waals surface area contributed by atoms with Crippen LogP contribution in [0.15, 0.2) is 0 Å². The maximum atomic E-state index is 12.0. The van der Waals surface area contributed by atoms with Gasteiger partial charge in [-0.2, -0.15) is 0 Å². The number of carbonyl (C=O) groups excluding carboxylic acids is 3. The number of fused-ring (bicyclic) bond motifs is 5. The van der Waals surface area contributed by atoms with Gasteiger partial charge in [0.25, 0.3) is 0 Å². The maximum absolute atomic E-state index is 12.0. The number of carbonyl (C=O) groups is 3. The first-order valence-corrected chi connectivity index (χ1v) is 8.43. The van der Waals surface area contributed by atoms with Crippen LogP contribution in [-0.4, -0.2) is 24.5 Å². The average molecular weight is 308 g/mol. The molecule has 0 aromatic carbocycles. The average Bonchev–Trinajstić information content (AvgIpc) is 3.19. The van der Waals surface area contributed by atoms with E-state index in [1.165, 1.54) is 0 Å². The zero-order valence-electron chi connectivity index (χ0n) is 13.6. The third-order valence-corrected chi connectivity index (χ3v) is 6.28. The van der Waals surface area contributed by atoms with Gasteiger partial charge < -0.3 is 9.47 Å². The summed E-state index contributed by atoms with van der Waals surface area (Å²) in [6, 6.07) is 0. The van der Waals surface area contributed by atoms with E-state index in [1.807, 2.05) is 13.8 Å². The van der Waals surface area contributed by atoms with Crippen LogP contribution in [0.2, 0.25) is 0 Å². The molecule has 4 rings (SSSR count). The van der Waals surface area contributed by atoms with Gasteiger partial charge in [-0.05, 0) is 30.1 Å². The molecule has 122 valence electrons. The van der Waals surface area contributed by atoms with Gasteiger partial charge in [0, 0.05) is 5.92 Å². The van der Waals surface area contributed by atoms with Crippen molar-refractivity contribution in [2.24, 2.45) is 47.3 Å². The van der Waals surface area contributed by atoms with Crippen molar-refractivity contribution in [1.29, 1.82) is 0 Å². The number of ether oxygens (including phenoxy) is 2. The predicted octanol–water partition coefficient (Wildman–Crippen LogP) is 2.04. The summed E-state index contributed by atoms with van der Waals surface area (Å²) in [6.07, 6.45) is 0.987. The fraction of sp³-hybridized carbons (Fsp3) is 0.824. The van der Waals surface area contributed by atoms with Crippen molar-refractivity contribution < 1.29 is 23.9 Å². The van der Waals surface area contributed by atoms with Crippen molar-refractivity contribution in [3.8, 4) is 0 Å². The second-order valence-electron chi connectivity index (χ2n) is 6.87. The van der Waals surface area contributed by atoms with E-state index >= 15 is 0 Å². The molecule has 5 nitrogen and oxygen atoms in total. The number of cyclic esters (lactones) is 3. The van der Waals surface area contributed by atoms with Crippen molar-refractivity contribution in [3.05, 3.63) is 0 Å². The Kier molecular flexibility index (Phi) is 3.77. The molecule has 8 unspecified atom stereocenters. The Morgan fingerprint density at radius 3 is 2.14 bits per heavy atom. The molecule has 8 atom stereocenters. The number of rotatable bonds is 1. The Bertz CT molecular complexity index is 513. The van der Waals surface area contributed by atoms with Crippen molar-refractivity contribution in [2.75, 3.05) is 6.61 Å². The molecule has 2 aliphatic carbocycles. The fourth-order valence-electron chi connectivity index (χ4n) is 5.44. The predicted molar refractivity (Wildman–Crippen MR) is 77.3 cm³/mol. The first-order chi connectivity index (χ1) is 10.5. The van der Waals surface area contributed by atoms with Crippen LogP contribution in [0.5, 0.6) is 0 Å². The lowest BCUT2D eigenvalue weighted by molar-refractivity contribution is -0.155. The standard InChI is InChI=1S/C15H18O5.C2H6/c1-5-7-3-8(12-9(7)4-19-14(12)17)10(5)11-6(2)13(16)20-15(11)18;1-2/h5-12H,3-4H2,1-2H3;1-2H3. The van der Waals surface area contributed by atoms with Crippen molar-refractivity contribution in [1.82, 2.24) is 0 Å². The highest BCUT2D eigenvalue weighted by atomic mass is 16.6. The summed E-state index contributed by atoms with van der Waals surface area (Å²) < 4.78 is 10.0. The SMILES string of the molecule is CC.CC1C(=O)OC(=O)C1C1C(C)C2CC1C1C(=O)OCC21. The Morgan fingerprint density at radius 2 is 1.55 bits per heavy atom. The van der Waals surface area contributed by atoms with Crippen LogP contribution in [0.1, 0.15) is 34.1 Å². The molecule has 0 radical (unpaired) electrons. The molecule has 2 aliphatic heterocycles. The van der Waals surface area contributed by atoms with Crippen LogP contribution >= 0.6 is 0 Å². The van der Waals surface area contributed by atoms with E-state index in [0.717, 1.165) is 6.42 Å². The van der Waals surface area contributed by atoms with Crippen LogP contribution < -0.4 is 0 Å². The number of esters is 3. The van der Waals surface area contributed by atoms with Crippen LogP contribution in [0.3, 0.4) is 0 Å². The zero-order valence-corrected chi connectivity index (χ0v) is 13.6. The van der Waals surface area contributed by atoms with E-state index in [0.29, 0.717) is 24.4 Å². The molecule has 4 fully saturated rings. The molecule has 2 heterocycles. The van der Waals surface area contributed by atoms with E-state index in [-0.39, 0.29) is 35.6 Å². The smallest absolute Gasteiger partial charge is 0.317 e. The minimum Gasteiger partial charge on any atom is -0.465 e. The molecule has 5 heteroatoms. The first kappa shape index (κ1) is 15.5. The van der Waals surface area contributed by atoms with Crippen molar-refractivity contribution >= 4 is 17.9 Å². The van der Waals surface area contributed by atoms with E-state index in [9.17, 15) is 14.4 Å². The van der Waals surface area contributed by atoms with Crippen LogP contribution in [0, 0.1) is 47.3 Å². The highest BCUT2D eigenvalue weighted by Crippen LogP contribution is 2.63. The topological polar surface area (TPSA) is 69.7 Å². The normalized spacial score (nSPS) is 48.6. The second-order valence-corrected chi connectivity index (χ2v) is 6.87. The molecule has 0 N–H and O–H groups in total. The third kappa shape index (κ3) is 1.87. The Morgan fingerprint density at radius 1 is 0.864 bits per heavy atom. The van der Waals surface area contributed by atoms with Gasteiger partial charge >= 0.3 is 17.9 Å². The molecule has 0 spiro atoms. The zero-order chi connectivity index (χ0) is 16.2. The van der Waals surface area contributed by atoms with Gasteiger partial charge in [-0.25, -0.2) is 0 Å². The molecule has 2 bridgehead atoms. The summed E-state index contributed by atoms with van der Waals surface area (Å²) in [5.41, 5.74) is 0. The summed E-state index contributed by atoms with van der Waals surface area (Å²) in [5.74, 6) is -0.355. The summed E-state index contributed by atoms with van der Waals surface area (Å²) in [5, 5.41) is 0. The van der Waals surface area contributed by atoms with Gasteiger partial charge in [-0.15, -0.1) is 0 Å². The molecule has 2 saturated heterocycles. The van der Waals surface area contributed by atoms with Gasteiger partial charge in [0.15, 0.2) is 0 Å². The monoisotopic (exact) mass is 308 g/mol. The Labute approximate surface area is 130 Å². The summed E-state index contributed by atoms with van der Waals surface area (Å²) >= 11 is 0. The largest absolute Gasteiger partial charge is 0.465 e. The van der Waals surface area contributed by atoms with E-state index in [1.54, 1.807) is 6.92 Å². The lowest BCUT2D eigenvalue weighted by Crippen LogP contribution is -2.41. The van der Waals surface area contributed by atoms with Crippen LogP contribution in [0.25, 0.3) is 0 Å². The number of hydrogen-bond donors (Lipinski definition) is 0. The molecule has 22 heavy (non-hydrogen) atoms. The minimum absolute atomic E-state index is 0.0584. The summed E-state index contributed by atoms with van der Waals surface area (Å²) in [6.45, 7) is 8.45. The van der Waals surface area contributed by atoms with Crippen molar-refractivity contribution in [3.63, 3.8) is 0 Å². The third-order valence-electron chi connectivity index (χ3n) is 6.28. The van der Waals surface area contributed by atoms with E-state index in [4.69, 9.17) is 9.47 Å². The maximum Gasteiger partial charge on any atom is 0.317 e. The van der Waals surface area contributed by atoms with Gasteiger partial charge in [0.05, 0.1) is 24.4 Å². The summed E-state index contributed by atoms with van der Waals surface area (Å²) in [7, 11) is 0. The van der Waals surface area contributed by atoms with E-state index in [2.05, 4.69) is 6.92 Å².